The molecular formula is C16H10Cl3N5O2. The summed E-state index contributed by atoms with van der Waals surface area (Å²) in [5.74, 6) is 0.445. The van der Waals surface area contributed by atoms with Gasteiger partial charge < -0.3 is 5.32 Å². The van der Waals surface area contributed by atoms with Crippen molar-refractivity contribution in [3.8, 4) is 0 Å². The number of imidazole rings is 1. The number of hydrogen-bond acceptors (Lipinski definition) is 6. The number of nitrogens with zero attached hydrogens (tertiary/aromatic N) is 4. The Balaban J connectivity index is 1.96. The third kappa shape index (κ3) is 2.80. The van der Waals surface area contributed by atoms with E-state index in [1.165, 1.54) is 0 Å². The molecule has 0 spiro atoms. The Bertz CT molecular complexity index is 1120. The molecule has 4 aromatic rings. The highest BCUT2D eigenvalue weighted by Crippen LogP contribution is 2.37. The van der Waals surface area contributed by atoms with Crippen LogP contribution in [-0.2, 0) is 0 Å². The van der Waals surface area contributed by atoms with E-state index in [1.807, 2.05) is 0 Å². The number of benzene rings is 2. The molecule has 3 N–H and O–H groups in total. The summed E-state index contributed by atoms with van der Waals surface area (Å²) < 4.78 is 1.68. The average Bonchev–Trinajstić information content (AvgIpc) is 3.07. The van der Waals surface area contributed by atoms with Crippen LogP contribution in [-0.4, -0.2) is 24.8 Å². The van der Waals surface area contributed by atoms with Gasteiger partial charge in [-0.25, -0.2) is 9.97 Å². The average molecular weight is 411 g/mol. The molecule has 0 saturated heterocycles. The number of anilines is 3. The van der Waals surface area contributed by atoms with Crippen LogP contribution in [0.1, 0.15) is 0 Å². The summed E-state index contributed by atoms with van der Waals surface area (Å²) in [5, 5.41) is 23.2. The van der Waals surface area contributed by atoms with Crippen LogP contribution in [0.2, 0.25) is 15.1 Å². The van der Waals surface area contributed by atoms with Crippen molar-refractivity contribution in [3.63, 3.8) is 0 Å². The second kappa shape index (κ2) is 6.46. The molecule has 26 heavy (non-hydrogen) atoms. The molecule has 2 aromatic heterocycles. The lowest BCUT2D eigenvalue weighted by Gasteiger charge is -2.15. The number of nitrogens with one attached hydrogen (secondary N) is 1. The molecular weight excluding hydrogens is 401 g/mol. The molecule has 0 radical (unpaired) electrons. The molecule has 0 aliphatic rings. The van der Waals surface area contributed by atoms with E-state index in [-0.39, 0.29) is 10.9 Å². The summed E-state index contributed by atoms with van der Waals surface area (Å²) in [7, 11) is 0. The van der Waals surface area contributed by atoms with Crippen molar-refractivity contribution in [2.45, 2.75) is 0 Å². The molecule has 0 unspecified atom stereocenters. The Morgan fingerprint density at radius 2 is 1.81 bits per heavy atom. The van der Waals surface area contributed by atoms with Gasteiger partial charge in [-0.1, -0.05) is 40.9 Å². The minimum Gasteiger partial charge on any atom is -0.336 e. The maximum Gasteiger partial charge on any atom is 0.157 e. The highest BCUT2D eigenvalue weighted by molar-refractivity contribution is 6.41. The van der Waals surface area contributed by atoms with E-state index in [9.17, 15) is 10.4 Å². The Morgan fingerprint density at radius 3 is 2.50 bits per heavy atom. The van der Waals surface area contributed by atoms with Gasteiger partial charge in [0.05, 0.1) is 33.8 Å². The molecule has 0 saturated carbocycles. The van der Waals surface area contributed by atoms with Gasteiger partial charge in [-0.2, -0.15) is 0 Å². The predicted molar refractivity (Wildman–Crippen MR) is 101 cm³/mol. The fraction of sp³-hybridized carbons (Fsp3) is 0. The Hall–Kier alpha value is -2.29. The van der Waals surface area contributed by atoms with E-state index in [0.29, 0.717) is 43.1 Å². The standard InChI is InChI=1S/C16H10Cl3N5O2/c17-8-4-9(18)14(10(19)5-8)22-16-13-6-20-7-23(13)15-11(21-16)2-1-3-12(15)24(25)26/h1-7,25-26H,(H,21,22). The van der Waals surface area contributed by atoms with Crippen molar-refractivity contribution in [1.82, 2.24) is 14.4 Å². The van der Waals surface area contributed by atoms with E-state index in [0.717, 1.165) is 0 Å². The maximum absolute atomic E-state index is 9.49. The molecule has 0 amide bonds. The highest BCUT2D eigenvalue weighted by Gasteiger charge is 2.16. The third-order valence-electron chi connectivity index (χ3n) is 3.81. The van der Waals surface area contributed by atoms with Crippen molar-refractivity contribution >= 4 is 68.5 Å². The van der Waals surface area contributed by atoms with Crippen LogP contribution in [0.25, 0.3) is 16.6 Å². The van der Waals surface area contributed by atoms with Gasteiger partial charge in [0.2, 0.25) is 0 Å². The van der Waals surface area contributed by atoms with E-state index < -0.39 is 0 Å². The van der Waals surface area contributed by atoms with Gasteiger partial charge in [-0.15, -0.1) is 5.23 Å². The summed E-state index contributed by atoms with van der Waals surface area (Å²) in [4.78, 5) is 8.67. The fourth-order valence-electron chi connectivity index (χ4n) is 2.72. The first-order valence-corrected chi connectivity index (χ1v) is 8.43. The first-order chi connectivity index (χ1) is 12.5. The molecule has 10 heteroatoms. The SMILES string of the molecule is ON(O)c1cccc2nc(Nc3c(Cl)cc(Cl)cc3Cl)c3cncn3c12. The quantitative estimate of drug-likeness (QED) is 0.404. The number of para-hydroxylation sites is 1. The van der Waals surface area contributed by atoms with E-state index >= 15 is 0 Å². The van der Waals surface area contributed by atoms with Crippen LogP contribution in [0.3, 0.4) is 0 Å². The lowest BCUT2D eigenvalue weighted by atomic mass is 10.2. The zero-order chi connectivity index (χ0) is 18.4. The number of rotatable bonds is 3. The summed E-state index contributed by atoms with van der Waals surface area (Å²) >= 11 is 18.4. The molecule has 0 aliphatic heterocycles. The molecule has 7 nitrogen and oxygen atoms in total. The first kappa shape index (κ1) is 17.1. The molecule has 0 bridgehead atoms. The van der Waals surface area contributed by atoms with Crippen LogP contribution in [0.4, 0.5) is 17.2 Å². The Kier molecular flexibility index (Phi) is 4.26. The molecule has 132 valence electrons. The number of halogens is 3. The van der Waals surface area contributed by atoms with Crippen LogP contribution >= 0.6 is 34.8 Å². The normalized spacial score (nSPS) is 11.3. The number of fused-ring (bicyclic) bond motifs is 3. The fourth-order valence-corrected chi connectivity index (χ4v) is 3.63. The maximum atomic E-state index is 9.49. The van der Waals surface area contributed by atoms with E-state index in [2.05, 4.69) is 15.3 Å². The largest absolute Gasteiger partial charge is 0.336 e. The van der Waals surface area contributed by atoms with Crippen molar-refractivity contribution < 1.29 is 10.4 Å². The van der Waals surface area contributed by atoms with E-state index in [1.54, 1.807) is 47.3 Å². The molecule has 2 heterocycles. The van der Waals surface area contributed by atoms with Crippen LogP contribution in [0.5, 0.6) is 0 Å². The van der Waals surface area contributed by atoms with Crippen molar-refractivity contribution in [1.29, 1.82) is 0 Å². The Labute approximate surface area is 161 Å². The smallest absolute Gasteiger partial charge is 0.157 e. The van der Waals surface area contributed by atoms with Gasteiger partial charge in [0.1, 0.15) is 16.7 Å². The summed E-state index contributed by atoms with van der Waals surface area (Å²) in [6.45, 7) is 0. The molecule has 4 rings (SSSR count). The van der Waals surface area contributed by atoms with Crippen molar-refractivity contribution in [3.05, 3.63) is 57.9 Å². The lowest BCUT2D eigenvalue weighted by Crippen LogP contribution is -2.13. The summed E-state index contributed by atoms with van der Waals surface area (Å²) in [6.07, 6.45) is 3.13. The first-order valence-electron chi connectivity index (χ1n) is 7.30. The minimum atomic E-state index is 0.0451. The predicted octanol–water partition coefficient (Wildman–Crippen LogP) is 5.17. The molecule has 0 aliphatic carbocycles. The minimum absolute atomic E-state index is 0.0451. The highest BCUT2D eigenvalue weighted by atomic mass is 35.5. The van der Waals surface area contributed by atoms with Gasteiger partial charge in [0, 0.05) is 5.02 Å². The Morgan fingerprint density at radius 1 is 1.08 bits per heavy atom. The van der Waals surface area contributed by atoms with Gasteiger partial charge >= 0.3 is 0 Å². The second-order valence-corrected chi connectivity index (χ2v) is 6.66. The van der Waals surface area contributed by atoms with Gasteiger partial charge in [-0.05, 0) is 24.3 Å². The van der Waals surface area contributed by atoms with Crippen LogP contribution < -0.4 is 10.5 Å². The number of hydrogen-bond donors (Lipinski definition) is 3. The molecule has 2 aromatic carbocycles. The summed E-state index contributed by atoms with van der Waals surface area (Å²) in [5.41, 5.74) is 2.18. The number of aromatic nitrogens is 3. The van der Waals surface area contributed by atoms with Gasteiger partial charge in [0.15, 0.2) is 5.82 Å². The molecule has 0 atom stereocenters. The van der Waals surface area contributed by atoms with Crippen LogP contribution in [0.15, 0.2) is 42.9 Å². The molecule has 0 fully saturated rings. The zero-order valence-electron chi connectivity index (χ0n) is 12.9. The van der Waals surface area contributed by atoms with Crippen molar-refractivity contribution in [2.24, 2.45) is 0 Å². The van der Waals surface area contributed by atoms with Crippen molar-refractivity contribution in [2.75, 3.05) is 10.5 Å². The van der Waals surface area contributed by atoms with Gasteiger partial charge in [-0.3, -0.25) is 14.8 Å². The van der Waals surface area contributed by atoms with Crippen LogP contribution in [0, 0.1) is 0 Å². The van der Waals surface area contributed by atoms with Gasteiger partial charge in [0.25, 0.3) is 0 Å². The second-order valence-electron chi connectivity index (χ2n) is 5.41. The topological polar surface area (TPSA) is 85.9 Å². The third-order valence-corrected chi connectivity index (χ3v) is 4.63. The zero-order valence-corrected chi connectivity index (χ0v) is 15.1. The lowest BCUT2D eigenvalue weighted by molar-refractivity contribution is 0.0298. The monoisotopic (exact) mass is 409 g/mol. The summed E-state index contributed by atoms with van der Waals surface area (Å²) in [6, 6.07) is 8.07. The van der Waals surface area contributed by atoms with E-state index in [4.69, 9.17) is 34.8 Å².